The van der Waals surface area contributed by atoms with Gasteiger partial charge in [-0.05, 0) is 29.3 Å². The van der Waals surface area contributed by atoms with Crippen LogP contribution >= 0.6 is 31.9 Å². The number of aromatic nitrogens is 1. The highest BCUT2D eigenvalue weighted by Gasteiger charge is 2.15. The van der Waals surface area contributed by atoms with Gasteiger partial charge in [-0.2, -0.15) is 0 Å². The lowest BCUT2D eigenvalue weighted by molar-refractivity contribution is 0.528. The lowest BCUT2D eigenvalue weighted by Gasteiger charge is -2.12. The molecule has 5 heteroatoms. The van der Waals surface area contributed by atoms with Gasteiger partial charge >= 0.3 is 5.76 Å². The molecule has 0 fully saturated rings. The first kappa shape index (κ1) is 13.6. The van der Waals surface area contributed by atoms with E-state index in [2.05, 4.69) is 37.9 Å². The van der Waals surface area contributed by atoms with Crippen molar-refractivity contribution in [3.8, 4) is 0 Å². The van der Waals surface area contributed by atoms with Crippen LogP contribution in [0.2, 0.25) is 0 Å². The van der Waals surface area contributed by atoms with E-state index >= 15 is 0 Å². The van der Waals surface area contributed by atoms with Crippen LogP contribution in [0, 0.1) is 0 Å². The van der Waals surface area contributed by atoms with E-state index in [1.54, 1.807) is 7.05 Å². The Labute approximate surface area is 132 Å². The number of fused-ring (bicyclic) bond motifs is 1. The summed E-state index contributed by atoms with van der Waals surface area (Å²) in [6, 6.07) is 13.8. The number of oxazole rings is 1. The van der Waals surface area contributed by atoms with E-state index in [1.807, 2.05) is 36.4 Å². The van der Waals surface area contributed by atoms with E-state index in [1.165, 1.54) is 4.57 Å². The molecule has 0 aliphatic rings. The Kier molecular flexibility index (Phi) is 3.56. The second kappa shape index (κ2) is 5.22. The molecular formula is C15H11Br2NO2. The summed E-state index contributed by atoms with van der Waals surface area (Å²) in [5.41, 5.74) is 3.57. The van der Waals surface area contributed by atoms with Crippen LogP contribution in [0.5, 0.6) is 0 Å². The maximum Gasteiger partial charge on any atom is 0.419 e. The molecule has 0 bridgehead atoms. The van der Waals surface area contributed by atoms with Crippen molar-refractivity contribution in [2.75, 3.05) is 0 Å². The van der Waals surface area contributed by atoms with Crippen molar-refractivity contribution in [2.45, 2.75) is 4.83 Å². The normalized spacial score (nSPS) is 12.8. The third kappa shape index (κ3) is 2.25. The Bertz CT molecular complexity index is 835. The van der Waals surface area contributed by atoms with Crippen LogP contribution in [0.15, 0.2) is 56.1 Å². The number of hydrogen-bond donors (Lipinski definition) is 0. The van der Waals surface area contributed by atoms with Gasteiger partial charge < -0.3 is 4.42 Å². The molecule has 0 saturated carbocycles. The maximum absolute atomic E-state index is 11.5. The predicted octanol–water partition coefficient (Wildman–Crippen LogP) is 4.38. The summed E-state index contributed by atoms with van der Waals surface area (Å²) in [6.07, 6.45) is 0. The molecular weight excluding hydrogens is 386 g/mol. The molecule has 3 rings (SSSR count). The van der Waals surface area contributed by atoms with Crippen LogP contribution in [0.4, 0.5) is 0 Å². The van der Waals surface area contributed by atoms with Crippen LogP contribution in [-0.4, -0.2) is 4.57 Å². The molecule has 0 N–H and O–H groups in total. The number of hydrogen-bond acceptors (Lipinski definition) is 2. The quantitative estimate of drug-likeness (QED) is 0.602. The van der Waals surface area contributed by atoms with Crippen molar-refractivity contribution >= 4 is 43.0 Å². The summed E-state index contributed by atoms with van der Waals surface area (Å²) in [4.78, 5) is 11.6. The minimum absolute atomic E-state index is 0.0352. The Hall–Kier alpha value is -1.33. The Morgan fingerprint density at radius 1 is 1.20 bits per heavy atom. The molecule has 0 aliphatic heterocycles. The summed E-state index contributed by atoms with van der Waals surface area (Å²) in [5, 5.41) is 0. The lowest BCUT2D eigenvalue weighted by Crippen LogP contribution is -2.08. The molecule has 0 saturated heterocycles. The Balaban J connectivity index is 2.11. The molecule has 0 amide bonds. The average Bonchev–Trinajstić information content (AvgIpc) is 2.73. The van der Waals surface area contributed by atoms with Gasteiger partial charge in [0.05, 0.1) is 10.3 Å². The van der Waals surface area contributed by atoms with Gasteiger partial charge in [-0.15, -0.1) is 0 Å². The van der Waals surface area contributed by atoms with Crippen molar-refractivity contribution in [1.29, 1.82) is 0 Å². The molecule has 20 heavy (non-hydrogen) atoms. The van der Waals surface area contributed by atoms with E-state index in [-0.39, 0.29) is 10.6 Å². The van der Waals surface area contributed by atoms with E-state index in [0.29, 0.717) is 5.58 Å². The largest absolute Gasteiger partial charge is 0.419 e. The van der Waals surface area contributed by atoms with Gasteiger partial charge in [-0.3, -0.25) is 4.57 Å². The number of alkyl halides is 1. The summed E-state index contributed by atoms with van der Waals surface area (Å²) >= 11 is 7.25. The van der Waals surface area contributed by atoms with E-state index in [0.717, 1.165) is 21.1 Å². The Morgan fingerprint density at radius 2 is 1.95 bits per heavy atom. The predicted molar refractivity (Wildman–Crippen MR) is 86.4 cm³/mol. The molecule has 102 valence electrons. The zero-order valence-electron chi connectivity index (χ0n) is 10.6. The second-order valence-electron chi connectivity index (χ2n) is 4.54. The fraction of sp³-hybridized carbons (Fsp3) is 0.133. The summed E-state index contributed by atoms with van der Waals surface area (Å²) < 4.78 is 7.77. The topological polar surface area (TPSA) is 35.1 Å². The minimum Gasteiger partial charge on any atom is -0.408 e. The summed E-state index contributed by atoms with van der Waals surface area (Å²) in [5.74, 6) is -0.343. The van der Waals surface area contributed by atoms with Crippen molar-refractivity contribution in [3.63, 3.8) is 0 Å². The molecule has 1 heterocycles. The number of benzene rings is 2. The molecule has 0 spiro atoms. The van der Waals surface area contributed by atoms with Gasteiger partial charge in [0.25, 0.3) is 0 Å². The van der Waals surface area contributed by atoms with Crippen LogP contribution in [0.3, 0.4) is 0 Å². The van der Waals surface area contributed by atoms with Gasteiger partial charge in [0, 0.05) is 11.5 Å². The SMILES string of the molecule is Cn1c(=O)oc2cc(C(Br)c3ccccc3Br)ccc21. The Morgan fingerprint density at radius 3 is 2.70 bits per heavy atom. The van der Waals surface area contributed by atoms with Crippen molar-refractivity contribution < 1.29 is 4.42 Å². The monoisotopic (exact) mass is 395 g/mol. The number of halogens is 2. The number of aryl methyl sites for hydroxylation is 1. The molecule has 0 radical (unpaired) electrons. The third-order valence-corrected chi connectivity index (χ3v) is 5.03. The van der Waals surface area contributed by atoms with Crippen LogP contribution in [-0.2, 0) is 7.05 Å². The third-order valence-electron chi connectivity index (χ3n) is 3.29. The van der Waals surface area contributed by atoms with Crippen LogP contribution < -0.4 is 5.76 Å². The minimum atomic E-state index is -0.343. The molecule has 3 aromatic rings. The van der Waals surface area contributed by atoms with Gasteiger partial charge in [-0.25, -0.2) is 4.79 Å². The molecule has 1 atom stereocenters. The summed E-state index contributed by atoms with van der Waals surface area (Å²) in [6.45, 7) is 0. The van der Waals surface area contributed by atoms with Crippen molar-refractivity contribution in [3.05, 3.63) is 68.6 Å². The first-order chi connectivity index (χ1) is 9.58. The highest BCUT2D eigenvalue weighted by molar-refractivity contribution is 9.11. The van der Waals surface area contributed by atoms with Gasteiger partial charge in [0.15, 0.2) is 5.58 Å². The number of nitrogens with zero attached hydrogens (tertiary/aromatic N) is 1. The highest BCUT2D eigenvalue weighted by Crippen LogP contribution is 2.36. The number of rotatable bonds is 2. The second-order valence-corrected chi connectivity index (χ2v) is 6.31. The van der Waals surface area contributed by atoms with E-state index in [4.69, 9.17) is 4.42 Å². The fourth-order valence-electron chi connectivity index (χ4n) is 2.17. The van der Waals surface area contributed by atoms with Crippen molar-refractivity contribution in [1.82, 2.24) is 4.57 Å². The molecule has 0 aliphatic carbocycles. The fourth-order valence-corrected chi connectivity index (χ4v) is 3.67. The smallest absolute Gasteiger partial charge is 0.408 e. The molecule has 1 aromatic heterocycles. The van der Waals surface area contributed by atoms with E-state index < -0.39 is 0 Å². The van der Waals surface area contributed by atoms with Gasteiger partial charge in [0.1, 0.15) is 0 Å². The maximum atomic E-state index is 11.5. The van der Waals surface area contributed by atoms with Gasteiger partial charge in [-0.1, -0.05) is 56.1 Å². The zero-order valence-corrected chi connectivity index (χ0v) is 13.8. The standard InChI is InChI=1S/C15H11Br2NO2/c1-18-12-7-6-9(8-13(12)20-15(18)19)14(17)10-4-2-3-5-11(10)16/h2-8,14H,1H3. The van der Waals surface area contributed by atoms with Gasteiger partial charge in [0.2, 0.25) is 0 Å². The zero-order chi connectivity index (χ0) is 14.3. The lowest BCUT2D eigenvalue weighted by atomic mass is 10.0. The van der Waals surface area contributed by atoms with Crippen LogP contribution in [0.1, 0.15) is 16.0 Å². The van der Waals surface area contributed by atoms with Crippen molar-refractivity contribution in [2.24, 2.45) is 7.05 Å². The highest BCUT2D eigenvalue weighted by atomic mass is 79.9. The molecule has 2 aromatic carbocycles. The first-order valence-corrected chi connectivity index (χ1v) is 7.77. The summed E-state index contributed by atoms with van der Waals surface area (Å²) in [7, 11) is 1.70. The van der Waals surface area contributed by atoms with Crippen LogP contribution in [0.25, 0.3) is 11.1 Å². The first-order valence-electron chi connectivity index (χ1n) is 6.06. The molecule has 1 unspecified atom stereocenters. The van der Waals surface area contributed by atoms with E-state index in [9.17, 15) is 4.79 Å². The average molecular weight is 397 g/mol. The molecule has 3 nitrogen and oxygen atoms in total.